The highest BCUT2D eigenvalue weighted by atomic mass is 16.5. The fourth-order valence-electron chi connectivity index (χ4n) is 2.08. The summed E-state index contributed by atoms with van der Waals surface area (Å²) in [7, 11) is 0. The minimum Gasteiger partial charge on any atom is -0.493 e. The van der Waals surface area contributed by atoms with E-state index in [4.69, 9.17) is 4.74 Å². The molecule has 1 aromatic carbocycles. The van der Waals surface area contributed by atoms with Gasteiger partial charge in [0.25, 0.3) is 0 Å². The minimum atomic E-state index is 0.620. The first-order chi connectivity index (χ1) is 10.3. The van der Waals surface area contributed by atoms with E-state index in [0.717, 1.165) is 30.1 Å². The van der Waals surface area contributed by atoms with Crippen molar-refractivity contribution in [3.63, 3.8) is 0 Å². The smallest absolute Gasteiger partial charge is 0.141 e. The number of anilines is 1. The normalized spacial score (nSPS) is 11.0. The van der Waals surface area contributed by atoms with E-state index >= 15 is 0 Å². The zero-order chi connectivity index (χ0) is 15.1. The Morgan fingerprint density at radius 2 is 1.90 bits per heavy atom. The van der Waals surface area contributed by atoms with Crippen LogP contribution in [-0.2, 0) is 0 Å². The zero-order valence-electron chi connectivity index (χ0n) is 12.7. The van der Waals surface area contributed by atoms with Gasteiger partial charge in [-0.05, 0) is 32.9 Å². The SMILES string of the molecule is CCOc1cc(N(CC)CC)ccc1/C=N\n1cnnc1. The Hall–Kier alpha value is -2.37. The largest absolute Gasteiger partial charge is 0.493 e. The van der Waals surface area contributed by atoms with Crippen molar-refractivity contribution < 1.29 is 4.74 Å². The van der Waals surface area contributed by atoms with Crippen LogP contribution in [0.1, 0.15) is 26.3 Å². The molecule has 2 rings (SSSR count). The molecule has 0 amide bonds. The monoisotopic (exact) mass is 287 g/mol. The van der Waals surface area contributed by atoms with Gasteiger partial charge < -0.3 is 9.64 Å². The maximum absolute atomic E-state index is 5.73. The van der Waals surface area contributed by atoms with E-state index in [1.54, 1.807) is 23.5 Å². The fraction of sp³-hybridized carbons (Fsp3) is 0.400. The predicted molar refractivity (Wildman–Crippen MR) is 84.2 cm³/mol. The average molecular weight is 287 g/mol. The summed E-state index contributed by atoms with van der Waals surface area (Å²) in [5, 5.41) is 11.7. The standard InChI is InChI=1S/C15H21N5O/c1-4-19(5-2)14-8-7-13(15(9-14)21-6-3)10-18-20-11-16-17-12-20/h7-12H,4-6H2,1-3H3/b18-10-. The zero-order valence-corrected chi connectivity index (χ0v) is 12.7. The Bertz CT molecular complexity index is 576. The molecule has 0 aliphatic carbocycles. The molecule has 112 valence electrons. The molecule has 6 heteroatoms. The number of nitrogens with zero attached hydrogens (tertiary/aromatic N) is 5. The molecule has 6 nitrogen and oxygen atoms in total. The van der Waals surface area contributed by atoms with Gasteiger partial charge in [-0.1, -0.05) is 0 Å². The summed E-state index contributed by atoms with van der Waals surface area (Å²) in [6, 6.07) is 6.17. The van der Waals surface area contributed by atoms with Crippen molar-refractivity contribution >= 4 is 11.9 Å². The minimum absolute atomic E-state index is 0.620. The van der Waals surface area contributed by atoms with Gasteiger partial charge in [0.05, 0.1) is 12.8 Å². The van der Waals surface area contributed by atoms with Gasteiger partial charge in [0.2, 0.25) is 0 Å². The number of aromatic nitrogens is 3. The summed E-state index contributed by atoms with van der Waals surface area (Å²) >= 11 is 0. The van der Waals surface area contributed by atoms with Crippen molar-refractivity contribution in [3.05, 3.63) is 36.4 Å². The Morgan fingerprint density at radius 1 is 1.19 bits per heavy atom. The molecule has 2 aromatic rings. The Morgan fingerprint density at radius 3 is 2.52 bits per heavy atom. The number of hydrogen-bond donors (Lipinski definition) is 0. The lowest BCUT2D eigenvalue weighted by atomic mass is 10.2. The van der Waals surface area contributed by atoms with Gasteiger partial charge in [0.15, 0.2) is 0 Å². The number of benzene rings is 1. The van der Waals surface area contributed by atoms with Crippen LogP contribution in [0.15, 0.2) is 36.0 Å². The lowest BCUT2D eigenvalue weighted by Crippen LogP contribution is -2.21. The summed E-state index contributed by atoms with van der Waals surface area (Å²) in [5.74, 6) is 0.832. The molecule has 0 spiro atoms. The third-order valence-electron chi connectivity index (χ3n) is 3.16. The second-order valence-electron chi connectivity index (χ2n) is 4.41. The van der Waals surface area contributed by atoms with Crippen molar-refractivity contribution in [2.45, 2.75) is 20.8 Å². The van der Waals surface area contributed by atoms with E-state index in [1.807, 2.05) is 13.0 Å². The molecule has 0 N–H and O–H groups in total. The summed E-state index contributed by atoms with van der Waals surface area (Å²) in [5.41, 5.74) is 2.09. The van der Waals surface area contributed by atoms with E-state index in [1.165, 1.54) is 0 Å². The molecule has 0 bridgehead atoms. The van der Waals surface area contributed by atoms with E-state index in [-0.39, 0.29) is 0 Å². The van der Waals surface area contributed by atoms with Crippen LogP contribution in [0.3, 0.4) is 0 Å². The summed E-state index contributed by atoms with van der Waals surface area (Å²) in [6.45, 7) is 8.82. The second-order valence-corrected chi connectivity index (χ2v) is 4.41. The maximum atomic E-state index is 5.73. The van der Waals surface area contributed by atoms with Crippen molar-refractivity contribution in [3.8, 4) is 5.75 Å². The molecule has 0 saturated heterocycles. The molecule has 0 aliphatic rings. The van der Waals surface area contributed by atoms with Crippen LogP contribution in [0.4, 0.5) is 5.69 Å². The Balaban J connectivity index is 2.28. The van der Waals surface area contributed by atoms with E-state index in [0.29, 0.717) is 6.61 Å². The number of hydrogen-bond acceptors (Lipinski definition) is 5. The molecule has 0 atom stereocenters. The van der Waals surface area contributed by atoms with Crippen molar-refractivity contribution in [1.82, 2.24) is 14.9 Å². The molecule has 0 radical (unpaired) electrons. The maximum Gasteiger partial charge on any atom is 0.141 e. The first-order valence-corrected chi connectivity index (χ1v) is 7.19. The third kappa shape index (κ3) is 3.81. The van der Waals surface area contributed by atoms with E-state index < -0.39 is 0 Å². The van der Waals surface area contributed by atoms with Gasteiger partial charge in [0.1, 0.15) is 18.4 Å². The molecule has 1 heterocycles. The van der Waals surface area contributed by atoms with Crippen LogP contribution in [0.25, 0.3) is 0 Å². The van der Waals surface area contributed by atoms with Crippen LogP contribution >= 0.6 is 0 Å². The molecule has 0 unspecified atom stereocenters. The van der Waals surface area contributed by atoms with Gasteiger partial charge in [-0.15, -0.1) is 10.2 Å². The molecule has 21 heavy (non-hydrogen) atoms. The second kappa shape index (κ2) is 7.42. The molecule has 0 fully saturated rings. The Labute approximate surface area is 125 Å². The topological polar surface area (TPSA) is 55.5 Å². The van der Waals surface area contributed by atoms with Gasteiger partial charge in [-0.3, -0.25) is 0 Å². The lowest BCUT2D eigenvalue weighted by molar-refractivity contribution is 0.340. The highest BCUT2D eigenvalue weighted by Crippen LogP contribution is 2.25. The molecule has 1 aromatic heterocycles. The summed E-state index contributed by atoms with van der Waals surface area (Å²) in [6.07, 6.45) is 4.84. The molecular formula is C15H21N5O. The van der Waals surface area contributed by atoms with Gasteiger partial charge in [-0.25, -0.2) is 4.68 Å². The molecule has 0 aliphatic heterocycles. The van der Waals surface area contributed by atoms with E-state index in [2.05, 4.69) is 46.2 Å². The van der Waals surface area contributed by atoms with Crippen molar-refractivity contribution in [2.24, 2.45) is 5.10 Å². The predicted octanol–water partition coefficient (Wildman–Crippen LogP) is 2.41. The first-order valence-electron chi connectivity index (χ1n) is 7.19. The molecule has 0 saturated carbocycles. The van der Waals surface area contributed by atoms with Crippen LogP contribution in [0.2, 0.25) is 0 Å². The van der Waals surface area contributed by atoms with Gasteiger partial charge in [0, 0.05) is 30.4 Å². The quantitative estimate of drug-likeness (QED) is 0.734. The molecular weight excluding hydrogens is 266 g/mol. The van der Waals surface area contributed by atoms with Gasteiger partial charge >= 0.3 is 0 Å². The van der Waals surface area contributed by atoms with Crippen LogP contribution < -0.4 is 9.64 Å². The fourth-order valence-corrected chi connectivity index (χ4v) is 2.08. The van der Waals surface area contributed by atoms with Crippen LogP contribution in [0.5, 0.6) is 5.75 Å². The highest BCUT2D eigenvalue weighted by Gasteiger charge is 2.07. The lowest BCUT2D eigenvalue weighted by Gasteiger charge is -2.22. The van der Waals surface area contributed by atoms with Crippen molar-refractivity contribution in [2.75, 3.05) is 24.6 Å². The average Bonchev–Trinajstić information content (AvgIpc) is 3.01. The van der Waals surface area contributed by atoms with E-state index in [9.17, 15) is 0 Å². The van der Waals surface area contributed by atoms with Crippen LogP contribution in [-0.4, -0.2) is 40.8 Å². The summed E-state index contributed by atoms with van der Waals surface area (Å²) in [4.78, 5) is 2.28. The number of ether oxygens (including phenoxy) is 1. The van der Waals surface area contributed by atoms with Gasteiger partial charge in [-0.2, -0.15) is 5.10 Å². The summed E-state index contributed by atoms with van der Waals surface area (Å²) < 4.78 is 7.28. The first kappa shape index (κ1) is 15.0. The van der Waals surface area contributed by atoms with Crippen molar-refractivity contribution in [1.29, 1.82) is 0 Å². The Kier molecular flexibility index (Phi) is 5.31. The third-order valence-corrected chi connectivity index (χ3v) is 3.16. The highest BCUT2D eigenvalue weighted by molar-refractivity contribution is 5.84. The van der Waals surface area contributed by atoms with Crippen LogP contribution in [0, 0.1) is 0 Å². The number of rotatable bonds is 7.